The summed E-state index contributed by atoms with van der Waals surface area (Å²) < 4.78 is 5.51. The minimum absolute atomic E-state index is 0.140. The van der Waals surface area contributed by atoms with Crippen LogP contribution in [0, 0.1) is 5.92 Å². The van der Waals surface area contributed by atoms with E-state index in [1.165, 1.54) is 0 Å². The molecule has 0 saturated carbocycles. The van der Waals surface area contributed by atoms with Crippen LogP contribution in [0.2, 0.25) is 0 Å². The molecule has 0 bridgehead atoms. The smallest absolute Gasteiger partial charge is 0.313 e. The van der Waals surface area contributed by atoms with Gasteiger partial charge in [-0.15, -0.1) is 0 Å². The number of carbonyl (C=O) groups is 1. The lowest BCUT2D eigenvalue weighted by molar-refractivity contribution is -0.147. The van der Waals surface area contributed by atoms with E-state index >= 15 is 0 Å². The van der Waals surface area contributed by atoms with Crippen LogP contribution in [0.4, 0.5) is 0 Å². The lowest BCUT2D eigenvalue weighted by Crippen LogP contribution is -2.18. The zero-order valence-electron chi connectivity index (χ0n) is 12.7. The van der Waals surface area contributed by atoms with Crippen LogP contribution < -0.4 is 0 Å². The maximum atomic E-state index is 12.4. The molecular formula is C19H22O2. The average molecular weight is 282 g/mol. The third-order valence-corrected chi connectivity index (χ3v) is 3.42. The highest BCUT2D eigenvalue weighted by atomic mass is 16.5. The molecular weight excluding hydrogens is 260 g/mol. The average Bonchev–Trinajstić information content (AvgIpc) is 2.52. The molecule has 0 aliphatic heterocycles. The Bertz CT molecular complexity index is 546. The lowest BCUT2D eigenvalue weighted by Gasteiger charge is -2.18. The fourth-order valence-electron chi connectivity index (χ4n) is 2.35. The molecule has 21 heavy (non-hydrogen) atoms. The summed E-state index contributed by atoms with van der Waals surface area (Å²) in [6.07, 6.45) is 0.803. The standard InChI is InChI=1S/C19H22O2/c1-15(2)13-18(17-11-7-4-8-12-17)19(20)21-14-16-9-5-3-6-10-16/h3-12,15,18H,13-14H2,1-2H3/t18-/m0/s1. The quantitative estimate of drug-likeness (QED) is 0.726. The van der Waals surface area contributed by atoms with Crippen molar-refractivity contribution in [3.63, 3.8) is 0 Å². The van der Waals surface area contributed by atoms with E-state index in [9.17, 15) is 4.79 Å². The van der Waals surface area contributed by atoms with E-state index in [1.54, 1.807) is 0 Å². The number of hydrogen-bond donors (Lipinski definition) is 0. The molecule has 1 atom stereocenters. The number of carbonyl (C=O) groups excluding carboxylic acids is 1. The molecule has 2 aromatic carbocycles. The van der Waals surface area contributed by atoms with E-state index in [0.29, 0.717) is 12.5 Å². The van der Waals surface area contributed by atoms with Gasteiger partial charge in [0.25, 0.3) is 0 Å². The number of hydrogen-bond acceptors (Lipinski definition) is 2. The predicted octanol–water partition coefficient (Wildman–Crippen LogP) is 4.56. The Balaban J connectivity index is 2.04. The lowest BCUT2D eigenvalue weighted by atomic mass is 9.90. The van der Waals surface area contributed by atoms with E-state index in [-0.39, 0.29) is 11.9 Å². The SMILES string of the molecule is CC(C)C[C@H](C(=O)OCc1ccccc1)c1ccccc1. The van der Waals surface area contributed by atoms with Crippen molar-refractivity contribution in [2.75, 3.05) is 0 Å². The number of rotatable bonds is 6. The molecule has 0 N–H and O–H groups in total. The normalized spacial score (nSPS) is 12.1. The van der Waals surface area contributed by atoms with E-state index in [1.807, 2.05) is 60.7 Å². The van der Waals surface area contributed by atoms with Crippen molar-refractivity contribution in [3.05, 3.63) is 71.8 Å². The molecule has 0 amide bonds. The highest BCUT2D eigenvalue weighted by Crippen LogP contribution is 2.25. The van der Waals surface area contributed by atoms with Gasteiger partial charge in [-0.1, -0.05) is 74.5 Å². The summed E-state index contributed by atoms with van der Waals surface area (Å²) in [5.41, 5.74) is 2.05. The van der Waals surface area contributed by atoms with Gasteiger partial charge in [0, 0.05) is 0 Å². The van der Waals surface area contributed by atoms with Gasteiger partial charge in [-0.2, -0.15) is 0 Å². The molecule has 0 fully saturated rings. The molecule has 2 rings (SSSR count). The summed E-state index contributed by atoms with van der Waals surface area (Å²) in [7, 11) is 0. The minimum atomic E-state index is -0.185. The zero-order valence-corrected chi connectivity index (χ0v) is 12.7. The monoisotopic (exact) mass is 282 g/mol. The second-order valence-corrected chi connectivity index (χ2v) is 5.69. The van der Waals surface area contributed by atoms with Crippen molar-refractivity contribution in [2.24, 2.45) is 5.92 Å². The van der Waals surface area contributed by atoms with Gasteiger partial charge in [0.15, 0.2) is 0 Å². The van der Waals surface area contributed by atoms with Crippen molar-refractivity contribution in [1.82, 2.24) is 0 Å². The van der Waals surface area contributed by atoms with Crippen molar-refractivity contribution < 1.29 is 9.53 Å². The molecule has 0 aliphatic rings. The van der Waals surface area contributed by atoms with E-state index in [2.05, 4.69) is 13.8 Å². The molecule has 0 aromatic heterocycles. The van der Waals surface area contributed by atoms with Gasteiger partial charge >= 0.3 is 5.97 Å². The summed E-state index contributed by atoms with van der Waals surface area (Å²) in [6.45, 7) is 4.59. The van der Waals surface area contributed by atoms with Crippen molar-refractivity contribution in [3.8, 4) is 0 Å². The van der Waals surface area contributed by atoms with Crippen LogP contribution in [0.15, 0.2) is 60.7 Å². The summed E-state index contributed by atoms with van der Waals surface area (Å²) >= 11 is 0. The van der Waals surface area contributed by atoms with Crippen LogP contribution in [-0.2, 0) is 16.1 Å². The molecule has 110 valence electrons. The van der Waals surface area contributed by atoms with Gasteiger partial charge in [0.05, 0.1) is 5.92 Å². The number of benzene rings is 2. The topological polar surface area (TPSA) is 26.3 Å². The Hall–Kier alpha value is -2.09. The number of esters is 1. The molecule has 2 aromatic rings. The summed E-state index contributed by atoms with van der Waals surface area (Å²) in [4.78, 5) is 12.4. The first-order valence-corrected chi connectivity index (χ1v) is 7.42. The molecule has 0 saturated heterocycles. The maximum absolute atomic E-state index is 12.4. The molecule has 2 nitrogen and oxygen atoms in total. The first-order chi connectivity index (χ1) is 10.2. The van der Waals surface area contributed by atoms with Crippen LogP contribution in [0.3, 0.4) is 0 Å². The number of ether oxygens (including phenoxy) is 1. The molecule has 0 heterocycles. The molecule has 0 radical (unpaired) electrons. The Morgan fingerprint density at radius 2 is 1.52 bits per heavy atom. The van der Waals surface area contributed by atoms with Gasteiger partial charge in [-0.3, -0.25) is 4.79 Å². The van der Waals surface area contributed by atoms with Crippen LogP contribution >= 0.6 is 0 Å². The van der Waals surface area contributed by atoms with Gasteiger partial charge in [0.2, 0.25) is 0 Å². The summed E-state index contributed by atoms with van der Waals surface area (Å²) in [5, 5.41) is 0. The Kier molecular flexibility index (Phi) is 5.56. The van der Waals surface area contributed by atoms with Crippen molar-refractivity contribution in [1.29, 1.82) is 0 Å². The van der Waals surface area contributed by atoms with E-state index in [4.69, 9.17) is 4.74 Å². The highest BCUT2D eigenvalue weighted by Gasteiger charge is 2.23. The summed E-state index contributed by atoms with van der Waals surface area (Å²) in [6, 6.07) is 19.7. The van der Waals surface area contributed by atoms with Crippen LogP contribution in [0.1, 0.15) is 37.3 Å². The highest BCUT2D eigenvalue weighted by molar-refractivity contribution is 5.78. The molecule has 0 spiro atoms. The molecule has 0 unspecified atom stereocenters. The Morgan fingerprint density at radius 3 is 2.10 bits per heavy atom. The fraction of sp³-hybridized carbons (Fsp3) is 0.316. The minimum Gasteiger partial charge on any atom is -0.460 e. The molecule has 2 heteroatoms. The van der Waals surface area contributed by atoms with Crippen molar-refractivity contribution in [2.45, 2.75) is 32.8 Å². The van der Waals surface area contributed by atoms with Gasteiger partial charge in [-0.05, 0) is 23.5 Å². The molecule has 0 aliphatic carbocycles. The van der Waals surface area contributed by atoms with Gasteiger partial charge in [-0.25, -0.2) is 0 Å². The maximum Gasteiger partial charge on any atom is 0.313 e. The Morgan fingerprint density at radius 1 is 0.952 bits per heavy atom. The van der Waals surface area contributed by atoms with Crippen molar-refractivity contribution >= 4 is 5.97 Å². The van der Waals surface area contributed by atoms with Crippen LogP contribution in [-0.4, -0.2) is 5.97 Å². The van der Waals surface area contributed by atoms with E-state index < -0.39 is 0 Å². The van der Waals surface area contributed by atoms with E-state index in [0.717, 1.165) is 17.5 Å². The second kappa shape index (κ2) is 7.63. The van der Waals surface area contributed by atoms with Gasteiger partial charge < -0.3 is 4.74 Å². The zero-order chi connectivity index (χ0) is 15.1. The Labute approximate surface area is 126 Å². The largest absolute Gasteiger partial charge is 0.460 e. The third-order valence-electron chi connectivity index (χ3n) is 3.42. The van der Waals surface area contributed by atoms with Crippen LogP contribution in [0.25, 0.3) is 0 Å². The fourth-order valence-corrected chi connectivity index (χ4v) is 2.35. The third kappa shape index (κ3) is 4.75. The first kappa shape index (κ1) is 15.3. The first-order valence-electron chi connectivity index (χ1n) is 7.42. The predicted molar refractivity (Wildman–Crippen MR) is 84.9 cm³/mol. The second-order valence-electron chi connectivity index (χ2n) is 5.69. The van der Waals surface area contributed by atoms with Gasteiger partial charge in [0.1, 0.15) is 6.61 Å². The van der Waals surface area contributed by atoms with Crippen LogP contribution in [0.5, 0.6) is 0 Å². The summed E-state index contributed by atoms with van der Waals surface area (Å²) in [5.74, 6) is 0.119.